The minimum atomic E-state index is -1.41. The van der Waals surface area contributed by atoms with E-state index in [0.717, 1.165) is 9.48 Å². The number of nitrogens with zero attached hydrogens (tertiary/aromatic N) is 2. The van der Waals surface area contributed by atoms with Crippen molar-refractivity contribution in [1.82, 2.24) is 9.99 Å². The average molecular weight is 441 g/mol. The summed E-state index contributed by atoms with van der Waals surface area (Å²) in [6, 6.07) is 10.4. The molecule has 6 nitrogen and oxygen atoms in total. The summed E-state index contributed by atoms with van der Waals surface area (Å²) in [6.45, 7) is 1.54. The van der Waals surface area contributed by atoms with Crippen molar-refractivity contribution in [3.8, 4) is 0 Å². The van der Waals surface area contributed by atoms with Crippen LogP contribution >= 0.6 is 31.9 Å². The Labute approximate surface area is 149 Å². The van der Waals surface area contributed by atoms with Gasteiger partial charge in [-0.3, -0.25) is 10.2 Å². The van der Waals surface area contributed by atoms with Crippen LogP contribution in [0.3, 0.4) is 0 Å². The Bertz CT molecular complexity index is 765. The molecule has 1 atom stereocenters. The lowest BCUT2D eigenvalue weighted by atomic mass is 9.97. The lowest BCUT2D eigenvalue weighted by molar-refractivity contribution is -0.135. The first kappa shape index (κ1) is 15.9. The van der Waals surface area contributed by atoms with Gasteiger partial charge >= 0.3 is 6.09 Å². The number of halogens is 2. The maximum Gasteiger partial charge on any atom is 0.437 e. The van der Waals surface area contributed by atoms with Crippen LogP contribution in [0.1, 0.15) is 12.5 Å². The highest BCUT2D eigenvalue weighted by Gasteiger charge is 2.52. The summed E-state index contributed by atoms with van der Waals surface area (Å²) in [4.78, 5) is 28.8. The van der Waals surface area contributed by atoms with Crippen molar-refractivity contribution < 1.29 is 14.3 Å². The molecule has 2 heterocycles. The molecule has 0 saturated carbocycles. The second-order valence-corrected chi connectivity index (χ2v) is 6.76. The van der Waals surface area contributed by atoms with E-state index >= 15 is 0 Å². The molecular weight excluding hydrogens is 430 g/mol. The number of hydrazine groups is 1. The SMILES string of the molecule is CC1(c2ccc(Br)nc2)OC(=O)N(Nc2ccc(Br)cc2)C1=O. The molecule has 0 bridgehead atoms. The van der Waals surface area contributed by atoms with Crippen LogP contribution in [-0.2, 0) is 15.1 Å². The molecule has 8 heteroatoms. The summed E-state index contributed by atoms with van der Waals surface area (Å²) in [6.07, 6.45) is 0.738. The fourth-order valence-corrected chi connectivity index (χ4v) is 2.65. The van der Waals surface area contributed by atoms with Crippen LogP contribution in [0.2, 0.25) is 0 Å². The highest BCUT2D eigenvalue weighted by Crippen LogP contribution is 2.34. The number of amides is 2. The minimum absolute atomic E-state index is 0.499. The molecule has 1 unspecified atom stereocenters. The lowest BCUT2D eigenvalue weighted by Crippen LogP contribution is -2.40. The van der Waals surface area contributed by atoms with Crippen LogP contribution in [0.4, 0.5) is 10.5 Å². The zero-order chi connectivity index (χ0) is 16.6. The number of benzene rings is 1. The van der Waals surface area contributed by atoms with Crippen molar-refractivity contribution in [2.24, 2.45) is 0 Å². The molecule has 0 spiro atoms. The Hall–Kier alpha value is -1.93. The molecule has 23 heavy (non-hydrogen) atoms. The molecule has 2 aromatic rings. The molecule has 1 saturated heterocycles. The second-order valence-electron chi connectivity index (χ2n) is 5.03. The minimum Gasteiger partial charge on any atom is -0.426 e. The number of cyclic esters (lactones) is 1. The third-order valence-corrected chi connectivity index (χ3v) is 4.45. The predicted molar refractivity (Wildman–Crippen MR) is 90.4 cm³/mol. The highest BCUT2D eigenvalue weighted by molar-refractivity contribution is 9.10. The Morgan fingerprint density at radius 1 is 1.13 bits per heavy atom. The standard InChI is InChI=1S/C15H11Br2N3O3/c1-15(9-2-7-12(17)18-8-9)13(21)20(14(22)23-15)19-11-5-3-10(16)4-6-11/h2-8,19H,1H3. The third-order valence-electron chi connectivity index (χ3n) is 3.45. The average Bonchev–Trinajstić information content (AvgIpc) is 2.74. The molecule has 3 rings (SSSR count). The van der Waals surface area contributed by atoms with Crippen LogP contribution in [0.15, 0.2) is 51.7 Å². The van der Waals surface area contributed by atoms with Gasteiger partial charge in [0.2, 0.25) is 5.60 Å². The van der Waals surface area contributed by atoms with E-state index in [0.29, 0.717) is 15.9 Å². The molecule has 1 aromatic carbocycles. The van der Waals surface area contributed by atoms with E-state index < -0.39 is 17.6 Å². The van der Waals surface area contributed by atoms with Gasteiger partial charge in [0.25, 0.3) is 5.91 Å². The first-order valence-corrected chi connectivity index (χ1v) is 8.20. The summed E-state index contributed by atoms with van der Waals surface area (Å²) < 4.78 is 6.83. The van der Waals surface area contributed by atoms with Crippen LogP contribution in [0.5, 0.6) is 0 Å². The van der Waals surface area contributed by atoms with Gasteiger partial charge in [-0.15, -0.1) is 5.01 Å². The van der Waals surface area contributed by atoms with Gasteiger partial charge in [-0.25, -0.2) is 9.78 Å². The number of rotatable bonds is 3. The van der Waals surface area contributed by atoms with E-state index in [-0.39, 0.29) is 0 Å². The quantitative estimate of drug-likeness (QED) is 0.734. The number of hydrogen-bond donors (Lipinski definition) is 1. The van der Waals surface area contributed by atoms with Gasteiger partial charge in [0.15, 0.2) is 0 Å². The molecule has 1 aliphatic heterocycles. The number of ether oxygens (including phenoxy) is 1. The van der Waals surface area contributed by atoms with Crippen LogP contribution in [0.25, 0.3) is 0 Å². The first-order valence-electron chi connectivity index (χ1n) is 6.62. The predicted octanol–water partition coefficient (Wildman–Crippen LogP) is 3.83. The number of imide groups is 1. The molecule has 0 aliphatic carbocycles. The van der Waals surface area contributed by atoms with Crippen LogP contribution in [-0.4, -0.2) is 22.0 Å². The van der Waals surface area contributed by atoms with Gasteiger partial charge in [-0.05, 0) is 53.2 Å². The molecule has 0 radical (unpaired) electrons. The summed E-state index contributed by atoms with van der Waals surface area (Å²) in [7, 11) is 0. The molecule has 118 valence electrons. The molecule has 1 N–H and O–H groups in total. The van der Waals surface area contributed by atoms with E-state index in [9.17, 15) is 9.59 Å². The number of pyridine rings is 1. The molecule has 1 aromatic heterocycles. The van der Waals surface area contributed by atoms with Crippen LogP contribution in [0, 0.1) is 0 Å². The van der Waals surface area contributed by atoms with Gasteiger partial charge in [0, 0.05) is 16.2 Å². The number of carbonyl (C=O) groups excluding carboxylic acids is 2. The number of aromatic nitrogens is 1. The summed E-state index contributed by atoms with van der Waals surface area (Å²) in [5, 5.41) is 0.866. The van der Waals surface area contributed by atoms with E-state index in [1.165, 1.54) is 6.20 Å². The fraction of sp³-hybridized carbons (Fsp3) is 0.133. The third kappa shape index (κ3) is 2.96. The molecule has 1 aliphatic rings. The van der Waals surface area contributed by atoms with E-state index in [1.54, 1.807) is 43.3 Å². The maximum atomic E-state index is 12.7. The van der Waals surface area contributed by atoms with Gasteiger partial charge in [-0.1, -0.05) is 22.0 Å². The summed E-state index contributed by atoms with van der Waals surface area (Å²) in [5.41, 5.74) is 2.45. The maximum absolute atomic E-state index is 12.7. The topological polar surface area (TPSA) is 71.5 Å². The number of anilines is 1. The van der Waals surface area contributed by atoms with Gasteiger partial charge < -0.3 is 4.74 Å². The summed E-state index contributed by atoms with van der Waals surface area (Å²) >= 11 is 6.56. The Balaban J connectivity index is 1.87. The van der Waals surface area contributed by atoms with Gasteiger partial charge in [0.1, 0.15) is 4.60 Å². The van der Waals surface area contributed by atoms with Crippen molar-refractivity contribution >= 4 is 49.5 Å². The number of carbonyl (C=O) groups is 2. The largest absolute Gasteiger partial charge is 0.437 e. The second kappa shape index (κ2) is 5.93. The summed E-state index contributed by atoms with van der Waals surface area (Å²) in [5.74, 6) is -0.505. The van der Waals surface area contributed by atoms with Crippen molar-refractivity contribution in [3.05, 3.63) is 57.2 Å². The van der Waals surface area contributed by atoms with Gasteiger partial charge in [-0.2, -0.15) is 0 Å². The molecule has 1 fully saturated rings. The Morgan fingerprint density at radius 3 is 2.43 bits per heavy atom. The number of hydrogen-bond acceptors (Lipinski definition) is 5. The fourth-order valence-electron chi connectivity index (χ4n) is 2.15. The van der Waals surface area contributed by atoms with Crippen molar-refractivity contribution in [1.29, 1.82) is 0 Å². The van der Waals surface area contributed by atoms with Crippen molar-refractivity contribution in [3.63, 3.8) is 0 Å². The van der Waals surface area contributed by atoms with Crippen molar-refractivity contribution in [2.75, 3.05) is 5.43 Å². The highest BCUT2D eigenvalue weighted by atomic mass is 79.9. The normalized spacial score (nSPS) is 20.6. The van der Waals surface area contributed by atoms with Crippen molar-refractivity contribution in [2.45, 2.75) is 12.5 Å². The smallest absolute Gasteiger partial charge is 0.426 e. The zero-order valence-corrected chi connectivity index (χ0v) is 15.1. The number of nitrogens with one attached hydrogen (secondary N) is 1. The Kier molecular flexibility index (Phi) is 4.11. The molecule has 2 amide bonds. The monoisotopic (exact) mass is 439 g/mol. The van der Waals surface area contributed by atoms with E-state index in [1.807, 2.05) is 0 Å². The van der Waals surface area contributed by atoms with Gasteiger partial charge in [0.05, 0.1) is 5.69 Å². The van der Waals surface area contributed by atoms with E-state index in [2.05, 4.69) is 42.3 Å². The molecular formula is C15H11Br2N3O3. The van der Waals surface area contributed by atoms with Crippen LogP contribution < -0.4 is 5.43 Å². The first-order chi connectivity index (χ1) is 10.9. The zero-order valence-electron chi connectivity index (χ0n) is 11.9. The van der Waals surface area contributed by atoms with E-state index in [4.69, 9.17) is 4.74 Å². The lowest BCUT2D eigenvalue weighted by Gasteiger charge is -2.20. The Morgan fingerprint density at radius 2 is 1.83 bits per heavy atom.